The monoisotopic (exact) mass is 281 g/mol. The highest BCUT2D eigenvalue weighted by atomic mass is 16.5. The van der Waals surface area contributed by atoms with Crippen molar-refractivity contribution < 1.29 is 9.47 Å². The van der Waals surface area contributed by atoms with Crippen LogP contribution >= 0.6 is 0 Å². The van der Waals surface area contributed by atoms with E-state index in [1.54, 1.807) is 20.4 Å². The number of methoxy groups -OCH3 is 2. The quantitative estimate of drug-likeness (QED) is 0.738. The average molecular weight is 281 g/mol. The fourth-order valence-electron chi connectivity index (χ4n) is 2.17. The third kappa shape index (κ3) is 2.50. The molecule has 2 heterocycles. The van der Waals surface area contributed by atoms with E-state index in [0.29, 0.717) is 11.5 Å². The van der Waals surface area contributed by atoms with Crippen molar-refractivity contribution in [3.8, 4) is 22.8 Å². The minimum absolute atomic E-state index is 0.678. The second-order valence-electron chi connectivity index (χ2n) is 4.59. The largest absolute Gasteiger partial charge is 0.493 e. The summed E-state index contributed by atoms with van der Waals surface area (Å²) in [4.78, 5) is 13.1. The van der Waals surface area contributed by atoms with E-state index in [9.17, 15) is 0 Å². The highest BCUT2D eigenvalue weighted by Crippen LogP contribution is 2.31. The van der Waals surface area contributed by atoms with Gasteiger partial charge in [-0.3, -0.25) is 0 Å². The summed E-state index contributed by atoms with van der Waals surface area (Å²) in [6.07, 6.45) is 1.74. The van der Waals surface area contributed by atoms with E-state index in [2.05, 4.69) is 15.0 Å². The zero-order valence-corrected chi connectivity index (χ0v) is 12.1. The molecule has 0 aliphatic rings. The van der Waals surface area contributed by atoms with Gasteiger partial charge < -0.3 is 9.47 Å². The van der Waals surface area contributed by atoms with Crippen LogP contribution in [0, 0.1) is 6.92 Å². The van der Waals surface area contributed by atoms with Gasteiger partial charge in [-0.2, -0.15) is 0 Å². The molecule has 2 aromatic heterocycles. The summed E-state index contributed by atoms with van der Waals surface area (Å²) in [6, 6.07) is 9.61. The molecule has 0 bridgehead atoms. The summed E-state index contributed by atoms with van der Waals surface area (Å²) in [5.41, 5.74) is 3.41. The molecule has 0 saturated heterocycles. The molecule has 0 aliphatic carbocycles. The summed E-state index contributed by atoms with van der Waals surface area (Å²) < 4.78 is 10.6. The zero-order valence-electron chi connectivity index (χ0n) is 12.1. The predicted molar refractivity (Wildman–Crippen MR) is 80.6 cm³/mol. The lowest BCUT2D eigenvalue weighted by Crippen LogP contribution is -1.93. The minimum atomic E-state index is 0.678. The van der Waals surface area contributed by atoms with E-state index in [-0.39, 0.29) is 0 Å². The molecule has 0 saturated carbocycles. The van der Waals surface area contributed by atoms with Gasteiger partial charge in [0.25, 0.3) is 0 Å². The van der Waals surface area contributed by atoms with E-state index in [1.165, 1.54) is 0 Å². The third-order valence-corrected chi connectivity index (χ3v) is 3.24. The van der Waals surface area contributed by atoms with E-state index >= 15 is 0 Å². The predicted octanol–water partition coefficient (Wildman–Crippen LogP) is 3.02. The maximum Gasteiger partial charge on any atom is 0.161 e. The van der Waals surface area contributed by atoms with Crippen LogP contribution in [0.1, 0.15) is 5.82 Å². The van der Waals surface area contributed by atoms with E-state index in [0.717, 1.165) is 28.1 Å². The molecule has 0 radical (unpaired) electrons. The molecule has 1 aromatic carbocycles. The van der Waals surface area contributed by atoms with Crippen LogP contribution in [-0.2, 0) is 0 Å². The molecule has 0 N–H and O–H groups in total. The number of hydrogen-bond acceptors (Lipinski definition) is 5. The van der Waals surface area contributed by atoms with Gasteiger partial charge in [0.05, 0.1) is 31.6 Å². The lowest BCUT2D eigenvalue weighted by atomic mass is 10.1. The van der Waals surface area contributed by atoms with Crippen molar-refractivity contribution in [2.75, 3.05) is 14.2 Å². The molecular formula is C16H15N3O2. The number of aryl methyl sites for hydroxylation is 1. The van der Waals surface area contributed by atoms with Gasteiger partial charge in [-0.05, 0) is 37.3 Å². The van der Waals surface area contributed by atoms with Crippen molar-refractivity contribution in [2.24, 2.45) is 0 Å². The number of rotatable bonds is 3. The first kappa shape index (κ1) is 13.3. The van der Waals surface area contributed by atoms with Crippen molar-refractivity contribution in [3.63, 3.8) is 0 Å². The molecule has 0 fully saturated rings. The number of aromatic nitrogens is 3. The van der Waals surface area contributed by atoms with Crippen LogP contribution < -0.4 is 9.47 Å². The van der Waals surface area contributed by atoms with Gasteiger partial charge in [0.2, 0.25) is 0 Å². The Morgan fingerprint density at radius 3 is 2.43 bits per heavy atom. The van der Waals surface area contributed by atoms with Crippen molar-refractivity contribution in [3.05, 3.63) is 42.4 Å². The van der Waals surface area contributed by atoms with Gasteiger partial charge >= 0.3 is 0 Å². The molecule has 5 heteroatoms. The molecule has 21 heavy (non-hydrogen) atoms. The Morgan fingerprint density at radius 2 is 1.67 bits per heavy atom. The van der Waals surface area contributed by atoms with Crippen molar-refractivity contribution in [1.82, 2.24) is 15.0 Å². The molecule has 0 unspecified atom stereocenters. The Bertz CT molecular complexity index is 803. The minimum Gasteiger partial charge on any atom is -0.493 e. The van der Waals surface area contributed by atoms with Gasteiger partial charge in [-0.15, -0.1) is 0 Å². The first-order valence-corrected chi connectivity index (χ1v) is 6.54. The maximum absolute atomic E-state index is 5.32. The van der Waals surface area contributed by atoms with Crippen molar-refractivity contribution in [2.45, 2.75) is 6.92 Å². The molecule has 0 spiro atoms. The molecule has 106 valence electrons. The molecule has 5 nitrogen and oxygen atoms in total. The molecular weight excluding hydrogens is 266 g/mol. The van der Waals surface area contributed by atoms with Crippen LogP contribution in [0.4, 0.5) is 0 Å². The Labute approximate surface area is 122 Å². The fraction of sp³-hybridized carbons (Fsp3) is 0.188. The highest BCUT2D eigenvalue weighted by Gasteiger charge is 2.08. The number of nitrogens with zero attached hydrogens (tertiary/aromatic N) is 3. The van der Waals surface area contributed by atoms with Crippen LogP contribution in [0.3, 0.4) is 0 Å². The van der Waals surface area contributed by atoms with Crippen LogP contribution in [0.5, 0.6) is 11.5 Å². The smallest absolute Gasteiger partial charge is 0.161 e. The Kier molecular flexibility index (Phi) is 3.39. The standard InChI is InChI=1S/C16H15N3O2/c1-10-17-9-14-13(18-10)6-5-12(19-14)11-4-7-15(20-2)16(8-11)21-3/h4-9H,1-3H3. The van der Waals surface area contributed by atoms with Crippen LogP contribution in [0.15, 0.2) is 36.5 Å². The van der Waals surface area contributed by atoms with Gasteiger partial charge in [0.15, 0.2) is 11.5 Å². The van der Waals surface area contributed by atoms with Crippen LogP contribution in [-0.4, -0.2) is 29.2 Å². The van der Waals surface area contributed by atoms with Crippen LogP contribution in [0.25, 0.3) is 22.3 Å². The number of fused-ring (bicyclic) bond motifs is 1. The first-order valence-electron chi connectivity index (χ1n) is 6.54. The van der Waals surface area contributed by atoms with E-state index in [4.69, 9.17) is 9.47 Å². The van der Waals surface area contributed by atoms with E-state index < -0.39 is 0 Å². The molecule has 0 atom stereocenters. The number of ether oxygens (including phenoxy) is 2. The molecule has 0 aliphatic heterocycles. The van der Waals surface area contributed by atoms with Crippen molar-refractivity contribution in [1.29, 1.82) is 0 Å². The number of benzene rings is 1. The second kappa shape index (κ2) is 5.36. The lowest BCUT2D eigenvalue weighted by Gasteiger charge is -2.09. The fourth-order valence-corrected chi connectivity index (χ4v) is 2.17. The number of hydrogen-bond donors (Lipinski definition) is 0. The summed E-state index contributed by atoms with van der Waals surface area (Å²) in [7, 11) is 3.23. The normalized spacial score (nSPS) is 10.6. The summed E-state index contributed by atoms with van der Waals surface area (Å²) in [6.45, 7) is 1.86. The van der Waals surface area contributed by atoms with Gasteiger partial charge in [0, 0.05) is 5.56 Å². The topological polar surface area (TPSA) is 57.1 Å². The van der Waals surface area contributed by atoms with Crippen LogP contribution in [0.2, 0.25) is 0 Å². The second-order valence-corrected chi connectivity index (χ2v) is 4.59. The van der Waals surface area contributed by atoms with Gasteiger partial charge in [-0.25, -0.2) is 15.0 Å². The van der Waals surface area contributed by atoms with Crippen molar-refractivity contribution >= 4 is 11.0 Å². The zero-order chi connectivity index (χ0) is 14.8. The molecule has 0 amide bonds. The number of pyridine rings is 1. The van der Waals surface area contributed by atoms with Gasteiger partial charge in [-0.1, -0.05) is 0 Å². The van der Waals surface area contributed by atoms with Gasteiger partial charge in [0.1, 0.15) is 11.3 Å². The Morgan fingerprint density at radius 1 is 0.857 bits per heavy atom. The summed E-state index contributed by atoms with van der Waals surface area (Å²) in [5.74, 6) is 2.11. The summed E-state index contributed by atoms with van der Waals surface area (Å²) >= 11 is 0. The summed E-state index contributed by atoms with van der Waals surface area (Å²) in [5, 5.41) is 0. The highest BCUT2D eigenvalue weighted by molar-refractivity contribution is 5.77. The molecule has 3 aromatic rings. The molecule has 3 rings (SSSR count). The Balaban J connectivity index is 2.09. The first-order chi connectivity index (χ1) is 10.2. The maximum atomic E-state index is 5.32. The third-order valence-electron chi connectivity index (χ3n) is 3.24. The lowest BCUT2D eigenvalue weighted by molar-refractivity contribution is 0.355. The SMILES string of the molecule is COc1ccc(-c2ccc3nc(C)ncc3n2)cc1OC. The average Bonchev–Trinajstić information content (AvgIpc) is 2.53. The van der Waals surface area contributed by atoms with E-state index in [1.807, 2.05) is 37.3 Å². The Hall–Kier alpha value is -2.69.